The van der Waals surface area contributed by atoms with E-state index in [4.69, 9.17) is 0 Å². The van der Waals surface area contributed by atoms with E-state index in [1.807, 2.05) is 35.7 Å². The molecule has 1 N–H and O–H groups in total. The maximum atomic E-state index is 12.2. The van der Waals surface area contributed by atoms with E-state index in [1.165, 1.54) is 4.88 Å². The minimum Gasteiger partial charge on any atom is -0.344 e. The summed E-state index contributed by atoms with van der Waals surface area (Å²) in [5.41, 5.74) is 0.686. The van der Waals surface area contributed by atoms with E-state index in [9.17, 15) is 4.79 Å². The van der Waals surface area contributed by atoms with Crippen LogP contribution in [0.25, 0.3) is 0 Å². The predicted octanol–water partition coefficient (Wildman–Crippen LogP) is 4.64. The van der Waals surface area contributed by atoms with Crippen molar-refractivity contribution >= 4 is 33.2 Å². The van der Waals surface area contributed by atoms with E-state index in [-0.39, 0.29) is 11.9 Å². The number of hydrogen-bond donors (Lipinski definition) is 1. The molecule has 4 heteroatoms. The molecule has 1 atom stereocenters. The first-order valence-electron chi connectivity index (χ1n) is 6.18. The lowest BCUT2D eigenvalue weighted by Crippen LogP contribution is -2.31. The van der Waals surface area contributed by atoms with Crippen LogP contribution in [-0.2, 0) is 0 Å². The Morgan fingerprint density at radius 3 is 2.42 bits per heavy atom. The van der Waals surface area contributed by atoms with Gasteiger partial charge in [-0.15, -0.1) is 11.3 Å². The molecular weight excluding hydrogens is 322 g/mol. The van der Waals surface area contributed by atoms with Crippen LogP contribution < -0.4 is 5.32 Å². The van der Waals surface area contributed by atoms with Crippen molar-refractivity contribution in [2.75, 3.05) is 0 Å². The third-order valence-corrected chi connectivity index (χ3v) is 4.39. The number of amides is 1. The SMILES string of the molecule is CC(C)[C@@H](NC(=O)c1ccc(Br)cc1)c1cccs1. The van der Waals surface area contributed by atoms with Crippen LogP contribution in [0.15, 0.2) is 46.3 Å². The van der Waals surface area contributed by atoms with Crippen LogP contribution in [0.2, 0.25) is 0 Å². The zero-order valence-corrected chi connectivity index (χ0v) is 13.3. The second-order valence-electron chi connectivity index (χ2n) is 4.72. The van der Waals surface area contributed by atoms with E-state index in [1.54, 1.807) is 11.3 Å². The molecule has 0 saturated carbocycles. The first-order chi connectivity index (χ1) is 9.08. The molecule has 0 aliphatic rings. The van der Waals surface area contributed by atoms with Crippen molar-refractivity contribution in [3.05, 3.63) is 56.7 Å². The van der Waals surface area contributed by atoms with Crippen LogP contribution in [0.4, 0.5) is 0 Å². The number of thiophene rings is 1. The van der Waals surface area contributed by atoms with Crippen molar-refractivity contribution < 1.29 is 4.79 Å². The highest BCUT2D eigenvalue weighted by molar-refractivity contribution is 9.10. The summed E-state index contributed by atoms with van der Waals surface area (Å²) < 4.78 is 0.975. The Morgan fingerprint density at radius 1 is 1.21 bits per heavy atom. The predicted molar refractivity (Wildman–Crippen MR) is 83.5 cm³/mol. The van der Waals surface area contributed by atoms with Crippen LogP contribution in [0.3, 0.4) is 0 Å². The molecule has 0 fully saturated rings. The molecule has 0 radical (unpaired) electrons. The van der Waals surface area contributed by atoms with Crippen molar-refractivity contribution in [1.29, 1.82) is 0 Å². The fourth-order valence-corrected chi connectivity index (χ4v) is 3.07. The molecule has 1 heterocycles. The van der Waals surface area contributed by atoms with E-state index < -0.39 is 0 Å². The number of benzene rings is 1. The fourth-order valence-electron chi connectivity index (χ4n) is 1.86. The molecule has 1 aromatic carbocycles. The molecule has 0 bridgehead atoms. The molecule has 2 nitrogen and oxygen atoms in total. The van der Waals surface area contributed by atoms with Gasteiger partial charge >= 0.3 is 0 Å². The average molecular weight is 338 g/mol. The van der Waals surface area contributed by atoms with Crippen LogP contribution in [0, 0.1) is 5.92 Å². The summed E-state index contributed by atoms with van der Waals surface area (Å²) in [5, 5.41) is 5.15. The maximum Gasteiger partial charge on any atom is 0.251 e. The minimum absolute atomic E-state index is 0.0281. The lowest BCUT2D eigenvalue weighted by atomic mass is 10.0. The highest BCUT2D eigenvalue weighted by atomic mass is 79.9. The highest BCUT2D eigenvalue weighted by Gasteiger charge is 2.19. The van der Waals surface area contributed by atoms with Gasteiger partial charge in [0.25, 0.3) is 5.91 Å². The van der Waals surface area contributed by atoms with E-state index in [0.717, 1.165) is 4.47 Å². The molecule has 0 unspecified atom stereocenters. The smallest absolute Gasteiger partial charge is 0.251 e. The average Bonchev–Trinajstić information content (AvgIpc) is 2.89. The molecule has 1 aromatic heterocycles. The number of hydrogen-bond acceptors (Lipinski definition) is 2. The Hall–Kier alpha value is -1.13. The summed E-state index contributed by atoms with van der Waals surface area (Å²) >= 11 is 5.05. The molecule has 0 aliphatic carbocycles. The minimum atomic E-state index is -0.0281. The molecule has 2 rings (SSSR count). The second kappa shape index (κ2) is 6.35. The fraction of sp³-hybridized carbons (Fsp3) is 0.267. The van der Waals surface area contributed by atoms with Gasteiger partial charge in [0.1, 0.15) is 0 Å². The first-order valence-corrected chi connectivity index (χ1v) is 7.85. The van der Waals surface area contributed by atoms with Gasteiger partial charge in [-0.1, -0.05) is 35.8 Å². The van der Waals surface area contributed by atoms with Gasteiger partial charge in [-0.3, -0.25) is 4.79 Å². The summed E-state index contributed by atoms with van der Waals surface area (Å²) in [6, 6.07) is 11.6. The van der Waals surface area contributed by atoms with Crippen molar-refractivity contribution in [2.45, 2.75) is 19.9 Å². The molecule has 0 spiro atoms. The molecule has 0 saturated heterocycles. The zero-order chi connectivity index (χ0) is 13.8. The van der Waals surface area contributed by atoms with Crippen molar-refractivity contribution in [3.8, 4) is 0 Å². The van der Waals surface area contributed by atoms with Gasteiger partial charge in [0.15, 0.2) is 0 Å². The Bertz CT molecular complexity index is 534. The highest BCUT2D eigenvalue weighted by Crippen LogP contribution is 2.26. The maximum absolute atomic E-state index is 12.2. The van der Waals surface area contributed by atoms with Gasteiger partial charge in [0, 0.05) is 14.9 Å². The number of rotatable bonds is 4. The van der Waals surface area contributed by atoms with Crippen LogP contribution in [0.5, 0.6) is 0 Å². The summed E-state index contributed by atoms with van der Waals surface area (Å²) in [6.45, 7) is 4.23. The standard InChI is InChI=1S/C15H16BrNOS/c1-10(2)14(13-4-3-9-19-13)17-15(18)11-5-7-12(16)8-6-11/h3-10,14H,1-2H3,(H,17,18)/t14-/m1/s1. The van der Waals surface area contributed by atoms with Crippen LogP contribution in [0.1, 0.15) is 35.1 Å². The van der Waals surface area contributed by atoms with Gasteiger partial charge in [-0.05, 0) is 41.6 Å². The lowest BCUT2D eigenvalue weighted by Gasteiger charge is -2.21. The molecule has 1 amide bonds. The quantitative estimate of drug-likeness (QED) is 0.865. The van der Waals surface area contributed by atoms with Gasteiger partial charge < -0.3 is 5.32 Å². The van der Waals surface area contributed by atoms with Gasteiger partial charge in [-0.25, -0.2) is 0 Å². The molecule has 0 aliphatic heterocycles. The second-order valence-corrected chi connectivity index (χ2v) is 6.61. The van der Waals surface area contributed by atoms with Gasteiger partial charge in [0.05, 0.1) is 6.04 Å². The molecule has 100 valence electrons. The third kappa shape index (κ3) is 3.67. The van der Waals surface area contributed by atoms with Crippen LogP contribution >= 0.6 is 27.3 Å². The number of carbonyl (C=O) groups is 1. The Balaban J connectivity index is 2.14. The lowest BCUT2D eigenvalue weighted by molar-refractivity contribution is 0.0926. The third-order valence-electron chi connectivity index (χ3n) is 2.91. The molecule has 19 heavy (non-hydrogen) atoms. The van der Waals surface area contributed by atoms with E-state index >= 15 is 0 Å². The normalized spacial score (nSPS) is 12.4. The summed E-state index contributed by atoms with van der Waals surface area (Å²) in [7, 11) is 0. The van der Waals surface area contributed by atoms with Crippen molar-refractivity contribution in [3.63, 3.8) is 0 Å². The summed E-state index contributed by atoms with van der Waals surface area (Å²) in [4.78, 5) is 13.4. The van der Waals surface area contributed by atoms with Crippen molar-refractivity contribution in [2.24, 2.45) is 5.92 Å². The molecular formula is C15H16BrNOS. The Labute approximate surface area is 126 Å². The van der Waals surface area contributed by atoms with Crippen LogP contribution in [-0.4, -0.2) is 5.91 Å². The number of carbonyl (C=O) groups excluding carboxylic acids is 1. The summed E-state index contributed by atoms with van der Waals surface area (Å²) in [6.07, 6.45) is 0. The summed E-state index contributed by atoms with van der Waals surface area (Å²) in [5.74, 6) is 0.331. The Morgan fingerprint density at radius 2 is 1.89 bits per heavy atom. The Kier molecular flexibility index (Phi) is 4.77. The largest absolute Gasteiger partial charge is 0.344 e. The van der Waals surface area contributed by atoms with Gasteiger partial charge in [0.2, 0.25) is 0 Å². The van der Waals surface area contributed by atoms with E-state index in [0.29, 0.717) is 11.5 Å². The monoisotopic (exact) mass is 337 g/mol. The number of nitrogens with one attached hydrogen (secondary N) is 1. The molecule has 2 aromatic rings. The zero-order valence-electron chi connectivity index (χ0n) is 10.9. The van der Waals surface area contributed by atoms with Gasteiger partial charge in [-0.2, -0.15) is 0 Å². The van der Waals surface area contributed by atoms with E-state index in [2.05, 4.69) is 41.2 Å². The number of halogens is 1. The first kappa shape index (κ1) is 14.3. The van der Waals surface area contributed by atoms with Crippen molar-refractivity contribution in [1.82, 2.24) is 5.32 Å². The topological polar surface area (TPSA) is 29.1 Å².